The second-order valence-electron chi connectivity index (χ2n) is 18.5. The molecule has 0 aliphatic carbocycles. The number of carboxylic acid groups (broad SMARTS) is 1. The van der Waals surface area contributed by atoms with Crippen LogP contribution >= 0.6 is 21.4 Å². The van der Waals surface area contributed by atoms with Gasteiger partial charge < -0.3 is 52.4 Å². The minimum absolute atomic E-state index is 0.0773. The van der Waals surface area contributed by atoms with Gasteiger partial charge in [0.05, 0.1) is 29.4 Å². The third-order valence-corrected chi connectivity index (χ3v) is 14.3. The number of aliphatic hydroxyl groups is 1. The van der Waals surface area contributed by atoms with Crippen molar-refractivity contribution in [3.05, 3.63) is 39.5 Å². The molecule has 5 fully saturated rings. The van der Waals surface area contributed by atoms with E-state index >= 15 is 0 Å². The van der Waals surface area contributed by atoms with Crippen molar-refractivity contribution in [1.29, 1.82) is 0 Å². The number of rotatable bonds is 23. The van der Waals surface area contributed by atoms with Crippen LogP contribution in [0.2, 0.25) is 0 Å². The average molecular weight is 1180 g/mol. The van der Waals surface area contributed by atoms with Gasteiger partial charge in [0.15, 0.2) is 0 Å². The first-order valence-electron chi connectivity index (χ1n) is 25.4. The number of imidazole rings is 1. The maximum atomic E-state index is 12.6. The summed E-state index contributed by atoms with van der Waals surface area (Å²) in [6, 6.07) is 1.33. The van der Waals surface area contributed by atoms with Gasteiger partial charge in [0.2, 0.25) is 29.5 Å². The maximum absolute atomic E-state index is 12.6. The van der Waals surface area contributed by atoms with E-state index in [-0.39, 0.29) is 48.8 Å². The summed E-state index contributed by atoms with van der Waals surface area (Å²) in [5.41, 5.74) is 0.911. The van der Waals surface area contributed by atoms with Crippen molar-refractivity contribution >= 4 is 56.9 Å². The zero-order chi connectivity index (χ0) is 50.2. The molecular weight excluding hydrogens is 1100 g/mol. The normalized spacial score (nSPS) is 23.8. The molecule has 18 nitrogen and oxygen atoms in total. The first kappa shape index (κ1) is 60.6. The van der Waals surface area contributed by atoms with E-state index in [1.54, 1.807) is 12.5 Å². The Hall–Kier alpha value is -2.69. The number of hydrogen-bond acceptors (Lipinski definition) is 9. The van der Waals surface area contributed by atoms with E-state index in [4.69, 9.17) is 0 Å². The van der Waals surface area contributed by atoms with Crippen molar-refractivity contribution < 1.29 is 56.6 Å². The Balaban J connectivity index is 0.000000384. The van der Waals surface area contributed by atoms with E-state index in [2.05, 4.69) is 56.8 Å². The van der Waals surface area contributed by atoms with Crippen molar-refractivity contribution in [2.75, 3.05) is 51.6 Å². The average Bonchev–Trinajstić information content (AvgIpc) is 4.00. The fourth-order valence-corrected chi connectivity index (χ4v) is 9.80. The van der Waals surface area contributed by atoms with Crippen LogP contribution in [0, 0.1) is 5.92 Å². The topological polar surface area (TPSA) is 267 Å². The number of aromatic amines is 1. The van der Waals surface area contributed by atoms with Gasteiger partial charge in [-0.1, -0.05) is 90.4 Å². The van der Waals surface area contributed by atoms with E-state index in [0.29, 0.717) is 82.2 Å². The van der Waals surface area contributed by atoms with Gasteiger partial charge in [0.25, 0.3) is 0 Å². The number of nitrogens with zero attached hydrogens (tertiary/aromatic N) is 6. The van der Waals surface area contributed by atoms with Gasteiger partial charge in [-0.15, -0.1) is 37.9 Å². The SMILES string of the molecule is C1CCC(C2CCCC[N-]2)[N-]C1.C1CCC(C2CCCC[N-]2)[N-]C1.CC(O)C(C)C(=O)NC(CCCCNC(=O)CCCCCN1C(=O)CC(SCC(=O)NCCc2cnc[nH]2)C1=O)C(=O)O.[Cl][Os]. The van der Waals surface area contributed by atoms with Gasteiger partial charge in [-0.3, -0.25) is 28.9 Å². The summed E-state index contributed by atoms with van der Waals surface area (Å²) in [4.78, 5) is 80.7. The first-order valence-corrected chi connectivity index (χ1v) is 29.6. The molecule has 6 rings (SSSR count). The molecule has 8 atom stereocenters. The number of imide groups is 1. The predicted molar refractivity (Wildman–Crippen MR) is 268 cm³/mol. The Morgan fingerprint density at radius 3 is 1.83 bits per heavy atom. The molecule has 1 aromatic rings. The molecule has 0 spiro atoms. The molecule has 5 aliphatic heterocycles. The zero-order valence-electron chi connectivity index (χ0n) is 40.9. The summed E-state index contributed by atoms with van der Waals surface area (Å²) in [5.74, 6) is -3.16. The van der Waals surface area contributed by atoms with Gasteiger partial charge in [-0.25, -0.2) is 9.78 Å². The number of unbranched alkanes of at least 4 members (excludes halogenated alkanes) is 3. The summed E-state index contributed by atoms with van der Waals surface area (Å²) in [6.45, 7) is 8.46. The van der Waals surface area contributed by atoms with Crippen LogP contribution in [0.3, 0.4) is 0 Å². The molecule has 0 saturated carbocycles. The molecule has 0 radical (unpaired) electrons. The van der Waals surface area contributed by atoms with Crippen LogP contribution in [0.15, 0.2) is 12.5 Å². The van der Waals surface area contributed by atoms with E-state index < -0.39 is 35.2 Å². The van der Waals surface area contributed by atoms with Crippen LogP contribution in [0.1, 0.15) is 148 Å². The van der Waals surface area contributed by atoms with Crippen LogP contribution in [0.25, 0.3) is 21.3 Å². The third kappa shape index (κ3) is 24.5. The van der Waals surface area contributed by atoms with Crippen molar-refractivity contribution in [2.24, 2.45) is 5.92 Å². The Kier molecular flexibility index (Phi) is 31.8. The number of hydrogen-bond donors (Lipinski definition) is 6. The molecule has 5 saturated heterocycles. The standard InChI is InChI=1S/C28H44N6O8S.2C10H18N2.ClH.Os/c1-18(19(2)35)26(39)33-21(28(41)42)8-5-6-11-30-23(36)9-4-3-7-13-34-25(38)14-22(27(34)40)43-16-24(37)31-12-10-20-15-29-17-32-20;2*1-3-7-11-9(5-1)10-6-2-4-8-12-10;;/h15,17-19,21-22,35H,3-14,16H2,1-2H3,(H,29,32)(H,30,36)(H,31,37)(H,33,39)(H,41,42);2*9-10H,1-8H2;1H;/q;2*-2;;+1/p-1. The second-order valence-corrected chi connectivity index (χ2v) is 19.7. The monoisotopic (exact) mass is 1180 g/mol. The van der Waals surface area contributed by atoms with Crippen molar-refractivity contribution in [1.82, 2.24) is 30.8 Å². The molecular formula is C48H80ClN10O8OsS-4. The predicted octanol–water partition coefficient (Wildman–Crippen LogP) is 6.73. The number of nitrogens with one attached hydrogen (secondary N) is 4. The van der Waals surface area contributed by atoms with E-state index in [0.717, 1.165) is 31.9 Å². The van der Waals surface area contributed by atoms with Crippen LogP contribution in [0.5, 0.6) is 0 Å². The van der Waals surface area contributed by atoms with Gasteiger partial charge >= 0.3 is 33.2 Å². The number of likely N-dealkylation sites (tertiary alicyclic amines) is 1. The number of carboxylic acids is 1. The third-order valence-electron chi connectivity index (χ3n) is 13.1. The molecule has 1 aromatic heterocycles. The number of aromatic nitrogens is 2. The van der Waals surface area contributed by atoms with Crippen molar-refractivity contribution in [3.63, 3.8) is 0 Å². The molecule has 395 valence electrons. The van der Waals surface area contributed by atoms with Crippen LogP contribution < -0.4 is 16.0 Å². The van der Waals surface area contributed by atoms with Gasteiger partial charge in [-0.2, -0.15) is 24.2 Å². The minimum atomic E-state index is -1.15. The number of piperidine rings is 4. The molecule has 5 aliphatic rings. The summed E-state index contributed by atoms with van der Waals surface area (Å²) in [7, 11) is 4.67. The molecule has 5 amide bonds. The van der Waals surface area contributed by atoms with Gasteiger partial charge in [-0.05, 0) is 39.0 Å². The van der Waals surface area contributed by atoms with Gasteiger partial charge in [0, 0.05) is 50.8 Å². The Labute approximate surface area is 429 Å². The van der Waals surface area contributed by atoms with Crippen LogP contribution in [0.4, 0.5) is 0 Å². The molecule has 6 N–H and O–H groups in total. The number of carbonyl (C=O) groups is 6. The Bertz CT molecular complexity index is 1550. The van der Waals surface area contributed by atoms with Gasteiger partial charge in [0.1, 0.15) is 6.04 Å². The number of aliphatic carboxylic acids is 1. The first-order chi connectivity index (χ1) is 33.4. The number of thioether (sulfide) groups is 1. The Morgan fingerprint density at radius 2 is 1.35 bits per heavy atom. The van der Waals surface area contributed by atoms with Crippen molar-refractivity contribution in [3.8, 4) is 0 Å². The fraction of sp³-hybridized carbons (Fsp3) is 0.812. The molecule has 6 heterocycles. The number of carbonyl (C=O) groups excluding carboxylic acids is 5. The number of amides is 5. The van der Waals surface area contributed by atoms with E-state index in [1.807, 2.05) is 0 Å². The molecule has 0 bridgehead atoms. The fourth-order valence-electron chi connectivity index (χ4n) is 8.82. The van der Waals surface area contributed by atoms with E-state index in [9.17, 15) is 39.0 Å². The van der Waals surface area contributed by atoms with Crippen molar-refractivity contribution in [2.45, 2.75) is 190 Å². The number of aliphatic hydroxyl groups excluding tert-OH is 1. The van der Waals surface area contributed by atoms with Crippen LogP contribution in [-0.2, 0) is 52.8 Å². The molecule has 21 heteroatoms. The molecule has 69 heavy (non-hydrogen) atoms. The second kappa shape index (κ2) is 36.3. The summed E-state index contributed by atoms with van der Waals surface area (Å²) in [6.07, 6.45) is 22.3. The molecule has 8 unspecified atom stereocenters. The Morgan fingerprint density at radius 1 is 0.797 bits per heavy atom. The molecule has 0 aromatic carbocycles. The number of H-pyrrole nitrogens is 1. The zero-order valence-corrected chi connectivity index (χ0v) is 45.1. The number of halogens is 1. The van der Waals surface area contributed by atoms with E-state index in [1.165, 1.54) is 125 Å². The summed E-state index contributed by atoms with van der Waals surface area (Å²) < 4.78 is 0. The summed E-state index contributed by atoms with van der Waals surface area (Å²) in [5, 5.41) is 44.9. The summed E-state index contributed by atoms with van der Waals surface area (Å²) >= 11 is 2.50. The quantitative estimate of drug-likeness (QED) is 0.0497. The van der Waals surface area contributed by atoms with Crippen LogP contribution in [-0.4, -0.2) is 154 Å².